The zero-order valence-corrected chi connectivity index (χ0v) is 9.52. The molecule has 0 radical (unpaired) electrons. The minimum Gasteiger partial charge on any atom is -0.390 e. The maximum absolute atomic E-state index is 12.3. The quantitative estimate of drug-likeness (QED) is 0.855. The van der Waals surface area contributed by atoms with E-state index in [1.165, 1.54) is 0 Å². The van der Waals surface area contributed by atoms with Gasteiger partial charge in [0.15, 0.2) is 0 Å². The molecule has 0 unspecified atom stereocenters. The molecule has 0 amide bonds. The van der Waals surface area contributed by atoms with Crippen molar-refractivity contribution >= 4 is 27.1 Å². The summed E-state index contributed by atoms with van der Waals surface area (Å²) in [6.07, 6.45) is -4.48. The largest absolute Gasteiger partial charge is 0.408 e. The number of nitrogens with two attached hydrogens (primary N) is 1. The summed E-state index contributed by atoms with van der Waals surface area (Å²) in [5, 5.41) is 6.09. The average molecular weight is 263 g/mol. The van der Waals surface area contributed by atoms with E-state index in [0.29, 0.717) is 15.8 Å². The molecule has 0 fully saturated rings. The monoisotopic (exact) mass is 263 g/mol. The Hall–Kier alpha value is -1.57. The molecular formula is C9H8F3N3OS. The Morgan fingerprint density at radius 3 is 2.76 bits per heavy atom. The van der Waals surface area contributed by atoms with Crippen LogP contribution >= 0.6 is 11.3 Å². The lowest BCUT2D eigenvalue weighted by Gasteiger charge is -2.09. The van der Waals surface area contributed by atoms with Crippen LogP contribution in [0.1, 0.15) is 5.69 Å². The highest BCUT2D eigenvalue weighted by Gasteiger charge is 2.30. The smallest absolute Gasteiger partial charge is 0.390 e. The average Bonchev–Trinajstić information content (AvgIpc) is 2.55. The summed E-state index contributed by atoms with van der Waals surface area (Å²) in [5.74, 6) is 0. The number of hydrogen-bond acceptors (Lipinski definition) is 4. The highest BCUT2D eigenvalue weighted by molar-refractivity contribution is 7.15. The van der Waals surface area contributed by atoms with E-state index < -0.39 is 18.3 Å². The van der Waals surface area contributed by atoms with Crippen molar-refractivity contribution in [1.82, 2.24) is 9.78 Å². The first-order chi connectivity index (χ1) is 7.79. The number of thiophene rings is 1. The van der Waals surface area contributed by atoms with Gasteiger partial charge in [-0.2, -0.15) is 18.3 Å². The summed E-state index contributed by atoms with van der Waals surface area (Å²) >= 11 is 1.12. The Morgan fingerprint density at radius 1 is 1.53 bits per heavy atom. The zero-order valence-electron chi connectivity index (χ0n) is 8.71. The predicted octanol–water partition coefficient (Wildman–Crippen LogP) is 1.91. The molecule has 0 saturated heterocycles. The molecule has 4 nitrogen and oxygen atoms in total. The van der Waals surface area contributed by atoms with Crippen LogP contribution in [0.15, 0.2) is 10.2 Å². The minimum absolute atomic E-state index is 0.117. The Labute approximate surface area is 97.5 Å². The van der Waals surface area contributed by atoms with Crippen LogP contribution in [0.5, 0.6) is 0 Å². The predicted molar refractivity (Wildman–Crippen MR) is 59.1 cm³/mol. The van der Waals surface area contributed by atoms with E-state index in [-0.39, 0.29) is 10.4 Å². The van der Waals surface area contributed by atoms with Gasteiger partial charge in [-0.05, 0) is 6.92 Å². The van der Waals surface area contributed by atoms with Crippen LogP contribution in [0.25, 0.3) is 10.8 Å². The molecular weight excluding hydrogens is 255 g/mol. The number of hydrogen-bond donors (Lipinski definition) is 1. The van der Waals surface area contributed by atoms with Gasteiger partial charge in [0.05, 0.1) is 16.1 Å². The highest BCUT2D eigenvalue weighted by atomic mass is 32.1. The van der Waals surface area contributed by atoms with Gasteiger partial charge in [0.1, 0.15) is 6.54 Å². The lowest BCUT2D eigenvalue weighted by atomic mass is 10.2. The maximum atomic E-state index is 12.3. The summed E-state index contributed by atoms with van der Waals surface area (Å²) in [7, 11) is 0. The van der Waals surface area contributed by atoms with E-state index in [1.54, 1.807) is 12.3 Å². The maximum Gasteiger partial charge on any atom is 0.408 e. The number of rotatable bonds is 1. The second-order valence-electron chi connectivity index (χ2n) is 3.55. The molecule has 0 aliphatic heterocycles. The van der Waals surface area contributed by atoms with E-state index in [0.717, 1.165) is 11.3 Å². The summed E-state index contributed by atoms with van der Waals surface area (Å²) in [6, 6.07) is 0. The molecule has 0 aromatic carbocycles. The van der Waals surface area contributed by atoms with E-state index in [1.807, 2.05) is 0 Å². The molecule has 2 heterocycles. The van der Waals surface area contributed by atoms with E-state index >= 15 is 0 Å². The van der Waals surface area contributed by atoms with Crippen molar-refractivity contribution in [3.63, 3.8) is 0 Å². The number of nitrogens with zero attached hydrogens (tertiary/aromatic N) is 2. The van der Waals surface area contributed by atoms with Gasteiger partial charge in [-0.3, -0.25) is 4.79 Å². The molecule has 2 N–H and O–H groups in total. The number of halogens is 3. The Morgan fingerprint density at radius 2 is 2.18 bits per heavy atom. The number of aromatic nitrogens is 2. The number of fused-ring (bicyclic) bond motifs is 1. The zero-order chi connectivity index (χ0) is 12.8. The molecule has 0 aliphatic carbocycles. The molecule has 0 bridgehead atoms. The van der Waals surface area contributed by atoms with Crippen LogP contribution in [-0.2, 0) is 6.54 Å². The van der Waals surface area contributed by atoms with Gasteiger partial charge in [0.25, 0.3) is 5.56 Å². The Balaban J connectivity index is 2.70. The second-order valence-corrected chi connectivity index (χ2v) is 4.46. The summed E-state index contributed by atoms with van der Waals surface area (Å²) in [4.78, 5) is 11.8. The van der Waals surface area contributed by atoms with Gasteiger partial charge in [0, 0.05) is 10.8 Å². The molecule has 0 spiro atoms. The Kier molecular flexibility index (Phi) is 2.61. The van der Waals surface area contributed by atoms with Crippen molar-refractivity contribution in [2.75, 3.05) is 5.73 Å². The second kappa shape index (κ2) is 3.73. The molecule has 0 atom stereocenters. The lowest BCUT2D eigenvalue weighted by Crippen LogP contribution is -2.30. The normalized spacial score (nSPS) is 12.2. The van der Waals surface area contributed by atoms with Crippen molar-refractivity contribution in [2.45, 2.75) is 19.6 Å². The van der Waals surface area contributed by atoms with Crippen LogP contribution in [0.3, 0.4) is 0 Å². The van der Waals surface area contributed by atoms with Crippen molar-refractivity contribution in [3.8, 4) is 0 Å². The van der Waals surface area contributed by atoms with Crippen LogP contribution in [-0.4, -0.2) is 16.0 Å². The number of anilines is 1. The van der Waals surface area contributed by atoms with Crippen LogP contribution in [0.2, 0.25) is 0 Å². The van der Waals surface area contributed by atoms with Gasteiger partial charge in [-0.25, -0.2) is 4.68 Å². The number of aryl methyl sites for hydroxylation is 1. The van der Waals surface area contributed by atoms with Crippen LogP contribution < -0.4 is 11.3 Å². The molecule has 0 saturated carbocycles. The molecule has 2 aromatic heterocycles. The van der Waals surface area contributed by atoms with Crippen LogP contribution in [0, 0.1) is 6.92 Å². The fourth-order valence-corrected chi connectivity index (χ4v) is 2.39. The molecule has 92 valence electrons. The number of alkyl halides is 3. The van der Waals surface area contributed by atoms with Gasteiger partial charge in [0.2, 0.25) is 0 Å². The molecule has 2 aromatic rings. The fourth-order valence-electron chi connectivity index (χ4n) is 1.55. The minimum atomic E-state index is -4.48. The first kappa shape index (κ1) is 11.9. The molecule has 0 aliphatic rings. The molecule has 8 heteroatoms. The van der Waals surface area contributed by atoms with Crippen molar-refractivity contribution < 1.29 is 13.2 Å². The van der Waals surface area contributed by atoms with Crippen LogP contribution in [0.4, 0.5) is 18.2 Å². The number of nitrogen functional groups attached to an aromatic ring is 1. The fraction of sp³-hybridized carbons (Fsp3) is 0.333. The van der Waals surface area contributed by atoms with E-state index in [9.17, 15) is 18.0 Å². The topological polar surface area (TPSA) is 60.9 Å². The molecule has 2 rings (SSSR count). The lowest BCUT2D eigenvalue weighted by molar-refractivity contribution is -0.143. The van der Waals surface area contributed by atoms with Gasteiger partial charge in [-0.1, -0.05) is 0 Å². The van der Waals surface area contributed by atoms with Crippen molar-refractivity contribution in [1.29, 1.82) is 0 Å². The first-order valence-corrected chi connectivity index (χ1v) is 5.48. The van der Waals surface area contributed by atoms with Gasteiger partial charge >= 0.3 is 6.18 Å². The standard InChI is InChI=1S/C9H8F3N3OS/c1-4-5-2-17-7(13)6(5)8(16)15(14-4)3-9(10,11)12/h2H,3,13H2,1H3. The third-order valence-corrected chi connectivity index (χ3v) is 3.07. The SMILES string of the molecule is Cc1nn(CC(F)(F)F)c(=O)c2c(N)scc12. The van der Waals surface area contributed by atoms with Crippen molar-refractivity contribution in [3.05, 3.63) is 21.4 Å². The van der Waals surface area contributed by atoms with Crippen molar-refractivity contribution in [2.24, 2.45) is 0 Å². The van der Waals surface area contributed by atoms with Gasteiger partial charge < -0.3 is 5.73 Å². The summed E-state index contributed by atoms with van der Waals surface area (Å²) in [6.45, 7) is 0.138. The Bertz CT molecular complexity index is 629. The summed E-state index contributed by atoms with van der Waals surface area (Å²) in [5.41, 5.74) is 5.13. The summed E-state index contributed by atoms with van der Waals surface area (Å²) < 4.78 is 37.2. The van der Waals surface area contributed by atoms with Gasteiger partial charge in [-0.15, -0.1) is 11.3 Å². The first-order valence-electron chi connectivity index (χ1n) is 4.61. The highest BCUT2D eigenvalue weighted by Crippen LogP contribution is 2.26. The van der Waals surface area contributed by atoms with E-state index in [2.05, 4.69) is 5.10 Å². The third kappa shape index (κ3) is 2.12. The molecule has 17 heavy (non-hydrogen) atoms. The van der Waals surface area contributed by atoms with E-state index in [4.69, 9.17) is 5.73 Å². The third-order valence-electron chi connectivity index (χ3n) is 2.26.